The fraction of sp³-hybridized carbons (Fsp3) is 0.438. The van der Waals surface area contributed by atoms with E-state index in [9.17, 15) is 13.2 Å². The number of aromatic nitrogens is 4. The van der Waals surface area contributed by atoms with E-state index in [2.05, 4.69) is 25.4 Å². The molecule has 0 spiro atoms. The molecule has 4 rings (SSSR count). The van der Waals surface area contributed by atoms with Crippen LogP contribution < -0.4 is 10.1 Å². The molecule has 1 atom stereocenters. The molecule has 0 saturated carbocycles. The molecule has 2 aliphatic heterocycles. The molecule has 0 bridgehead atoms. The van der Waals surface area contributed by atoms with Gasteiger partial charge in [0.2, 0.25) is 5.95 Å². The van der Waals surface area contributed by atoms with Crippen LogP contribution in [0.5, 0.6) is 5.88 Å². The molecule has 2 aliphatic rings. The number of nitrogens with one attached hydrogen (secondary N) is 1. The van der Waals surface area contributed by atoms with Crippen LogP contribution in [0.4, 0.5) is 30.6 Å². The van der Waals surface area contributed by atoms with Crippen molar-refractivity contribution in [1.29, 1.82) is 5.26 Å². The van der Waals surface area contributed by atoms with Crippen LogP contribution in [0, 0.1) is 11.3 Å². The number of aliphatic imine (C=N–C) groups is 1. The van der Waals surface area contributed by atoms with E-state index in [4.69, 9.17) is 14.7 Å². The van der Waals surface area contributed by atoms with Gasteiger partial charge in [0, 0.05) is 18.2 Å². The van der Waals surface area contributed by atoms with Crippen molar-refractivity contribution in [2.45, 2.75) is 31.7 Å². The van der Waals surface area contributed by atoms with E-state index in [0.29, 0.717) is 36.7 Å². The van der Waals surface area contributed by atoms with Crippen molar-refractivity contribution >= 4 is 23.2 Å². The van der Waals surface area contributed by atoms with Gasteiger partial charge in [-0.3, -0.25) is 4.68 Å². The number of alkyl halides is 3. The first-order chi connectivity index (χ1) is 13.3. The summed E-state index contributed by atoms with van der Waals surface area (Å²) >= 11 is 0. The highest BCUT2D eigenvalue weighted by atomic mass is 19.4. The van der Waals surface area contributed by atoms with Crippen molar-refractivity contribution in [3.8, 4) is 11.9 Å². The van der Waals surface area contributed by atoms with Crippen LogP contribution in [0.1, 0.15) is 18.5 Å². The van der Waals surface area contributed by atoms with Gasteiger partial charge in [-0.1, -0.05) is 0 Å². The number of hydrogen-bond acceptors (Lipinski definition) is 8. The van der Waals surface area contributed by atoms with Gasteiger partial charge in [-0.05, 0) is 6.92 Å². The topological polar surface area (TPSA) is 110 Å². The minimum atomic E-state index is -4.53. The minimum absolute atomic E-state index is 0.0807. The van der Waals surface area contributed by atoms with Crippen molar-refractivity contribution in [3.63, 3.8) is 0 Å². The van der Waals surface area contributed by atoms with Gasteiger partial charge in [0.15, 0.2) is 11.9 Å². The summed E-state index contributed by atoms with van der Waals surface area (Å²) in [6, 6.07) is 1.88. The second-order valence-corrected chi connectivity index (χ2v) is 6.34. The molecule has 1 N–H and O–H groups in total. The fourth-order valence-corrected chi connectivity index (χ4v) is 2.56. The molecular formula is C16H14F3N7O2. The Hall–Kier alpha value is -3.20. The lowest BCUT2D eigenvalue weighted by Gasteiger charge is -2.25. The zero-order valence-electron chi connectivity index (χ0n) is 14.6. The summed E-state index contributed by atoms with van der Waals surface area (Å²) in [6.45, 7) is 1.73. The van der Waals surface area contributed by atoms with Crippen molar-refractivity contribution in [1.82, 2.24) is 19.7 Å². The summed E-state index contributed by atoms with van der Waals surface area (Å²) in [5, 5.41) is 15.9. The Bertz CT molecular complexity index is 976. The highest BCUT2D eigenvalue weighted by molar-refractivity contribution is 6.04. The molecule has 9 nitrogen and oxygen atoms in total. The van der Waals surface area contributed by atoms with E-state index in [1.807, 2.05) is 6.07 Å². The normalized spacial score (nSPS) is 17.3. The lowest BCUT2D eigenvalue weighted by Crippen LogP contribution is -2.32. The Balaban J connectivity index is 1.61. The van der Waals surface area contributed by atoms with Crippen LogP contribution in [0.2, 0.25) is 0 Å². The van der Waals surface area contributed by atoms with E-state index < -0.39 is 12.3 Å². The van der Waals surface area contributed by atoms with E-state index in [1.165, 1.54) is 17.1 Å². The smallest absolute Gasteiger partial charge is 0.425 e. The molecule has 28 heavy (non-hydrogen) atoms. The number of nitrogens with zero attached hydrogens (tertiary/aromatic N) is 6. The molecule has 4 heterocycles. The van der Waals surface area contributed by atoms with Gasteiger partial charge >= 0.3 is 6.18 Å². The SMILES string of the molecule is CC(Oc1nn(C2COC2)cc1Nc1ncc2c(n1)N=C(C#N)C2)C(F)(F)F. The average Bonchev–Trinajstić information content (AvgIpc) is 3.16. The van der Waals surface area contributed by atoms with E-state index in [0.717, 1.165) is 6.92 Å². The Labute approximate surface area is 156 Å². The number of fused-ring (bicyclic) bond motifs is 1. The first-order valence-corrected chi connectivity index (χ1v) is 8.34. The summed E-state index contributed by atoms with van der Waals surface area (Å²) in [7, 11) is 0. The van der Waals surface area contributed by atoms with Crippen LogP contribution in [0.3, 0.4) is 0 Å². The second-order valence-electron chi connectivity index (χ2n) is 6.34. The van der Waals surface area contributed by atoms with Crippen LogP contribution in [0.15, 0.2) is 17.4 Å². The Morgan fingerprint density at radius 2 is 2.21 bits per heavy atom. The summed E-state index contributed by atoms with van der Waals surface area (Å²) in [5.74, 6) is 0.234. The van der Waals surface area contributed by atoms with Gasteiger partial charge in [0.05, 0.1) is 25.5 Å². The standard InChI is InChI=1S/C16H14F3N7O2/c1-8(16(17,18)19)28-14-12(5-26(25-14)11-6-27-7-11)23-15-21-4-9-2-10(3-20)22-13(9)24-15/h4-5,8,11H,2,6-7H2,1H3,(H,21,23,24). The molecule has 0 amide bonds. The summed E-state index contributed by atoms with van der Waals surface area (Å²) in [6.07, 6.45) is -3.19. The van der Waals surface area contributed by atoms with E-state index >= 15 is 0 Å². The minimum Gasteiger partial charge on any atom is -0.462 e. The highest BCUT2D eigenvalue weighted by Gasteiger charge is 2.39. The molecule has 1 fully saturated rings. The third-order valence-electron chi connectivity index (χ3n) is 4.26. The lowest BCUT2D eigenvalue weighted by molar-refractivity contribution is -0.189. The number of anilines is 2. The first-order valence-electron chi connectivity index (χ1n) is 8.34. The maximum atomic E-state index is 12.9. The first kappa shape index (κ1) is 18.2. The average molecular weight is 393 g/mol. The number of nitriles is 1. The van der Waals surface area contributed by atoms with Gasteiger partial charge in [-0.25, -0.2) is 9.98 Å². The monoisotopic (exact) mass is 393 g/mol. The van der Waals surface area contributed by atoms with Crippen LogP contribution in [0.25, 0.3) is 0 Å². The Morgan fingerprint density at radius 3 is 2.86 bits per heavy atom. The lowest BCUT2D eigenvalue weighted by atomic mass is 10.2. The van der Waals surface area contributed by atoms with Crippen molar-refractivity contribution in [2.24, 2.45) is 4.99 Å². The summed E-state index contributed by atoms with van der Waals surface area (Å²) < 4.78 is 50.3. The zero-order valence-corrected chi connectivity index (χ0v) is 14.6. The van der Waals surface area contributed by atoms with Gasteiger partial charge in [0.1, 0.15) is 17.5 Å². The van der Waals surface area contributed by atoms with Gasteiger partial charge in [-0.2, -0.15) is 23.4 Å². The number of rotatable bonds is 5. The molecule has 0 radical (unpaired) electrons. The molecule has 1 unspecified atom stereocenters. The third kappa shape index (κ3) is 3.48. The zero-order chi connectivity index (χ0) is 19.9. The predicted molar refractivity (Wildman–Crippen MR) is 90.0 cm³/mol. The van der Waals surface area contributed by atoms with Crippen LogP contribution >= 0.6 is 0 Å². The van der Waals surface area contributed by atoms with Gasteiger partial charge in [-0.15, -0.1) is 5.10 Å². The van der Waals surface area contributed by atoms with Crippen LogP contribution in [-0.2, 0) is 11.2 Å². The number of ether oxygens (including phenoxy) is 2. The third-order valence-corrected chi connectivity index (χ3v) is 4.26. The second kappa shape index (κ2) is 6.75. The molecule has 2 aromatic rings. The largest absolute Gasteiger partial charge is 0.462 e. The molecule has 12 heteroatoms. The van der Waals surface area contributed by atoms with Crippen molar-refractivity contribution in [3.05, 3.63) is 18.0 Å². The number of halogens is 3. The Kier molecular flexibility index (Phi) is 4.38. The Morgan fingerprint density at radius 1 is 1.43 bits per heavy atom. The quantitative estimate of drug-likeness (QED) is 0.831. The predicted octanol–water partition coefficient (Wildman–Crippen LogP) is 2.47. The van der Waals surface area contributed by atoms with Gasteiger partial charge < -0.3 is 14.8 Å². The molecule has 2 aromatic heterocycles. The van der Waals surface area contributed by atoms with Crippen molar-refractivity contribution in [2.75, 3.05) is 18.5 Å². The highest BCUT2D eigenvalue weighted by Crippen LogP contribution is 2.33. The summed E-state index contributed by atoms with van der Waals surface area (Å²) in [4.78, 5) is 12.4. The fourth-order valence-electron chi connectivity index (χ4n) is 2.56. The maximum Gasteiger partial charge on any atom is 0.425 e. The molecule has 0 aliphatic carbocycles. The van der Waals surface area contributed by atoms with Crippen molar-refractivity contribution < 1.29 is 22.6 Å². The van der Waals surface area contributed by atoms with E-state index in [-0.39, 0.29) is 23.6 Å². The maximum absolute atomic E-state index is 12.9. The van der Waals surface area contributed by atoms with Gasteiger partial charge in [0.25, 0.3) is 5.88 Å². The molecule has 1 saturated heterocycles. The van der Waals surface area contributed by atoms with Crippen LogP contribution in [-0.4, -0.2) is 51.0 Å². The number of hydrogen-bond donors (Lipinski definition) is 1. The molecular weight excluding hydrogens is 379 g/mol. The summed E-state index contributed by atoms with van der Waals surface area (Å²) in [5.41, 5.74) is 1.21. The molecule has 146 valence electrons. The molecule has 0 aromatic carbocycles. The van der Waals surface area contributed by atoms with E-state index in [1.54, 1.807) is 0 Å².